The van der Waals surface area contributed by atoms with Crippen LogP contribution >= 0.6 is 0 Å². The first kappa shape index (κ1) is 7.58. The van der Waals surface area contributed by atoms with E-state index in [0.29, 0.717) is 11.9 Å². The van der Waals surface area contributed by atoms with E-state index in [9.17, 15) is 4.79 Å². The standard InChI is InChI=1S/C8H13N3O/c1-8(2)6(9)10-7(12)11(8)5-3-4-5/h5H,3-4H2,1-2H3,(H2,9,10,12). The third-order valence-electron chi connectivity index (χ3n) is 2.56. The summed E-state index contributed by atoms with van der Waals surface area (Å²) in [4.78, 5) is 16.9. The van der Waals surface area contributed by atoms with Crippen LogP contribution in [0.25, 0.3) is 0 Å². The van der Waals surface area contributed by atoms with Gasteiger partial charge in [0.05, 0.1) is 5.54 Å². The molecule has 0 atom stereocenters. The van der Waals surface area contributed by atoms with Crippen molar-refractivity contribution in [3.05, 3.63) is 0 Å². The van der Waals surface area contributed by atoms with E-state index in [1.54, 1.807) is 4.90 Å². The fourth-order valence-corrected chi connectivity index (χ4v) is 1.60. The molecule has 1 saturated carbocycles. The predicted molar refractivity (Wildman–Crippen MR) is 46.0 cm³/mol. The highest BCUT2D eigenvalue weighted by atomic mass is 16.2. The van der Waals surface area contributed by atoms with E-state index in [0.717, 1.165) is 12.8 Å². The Morgan fingerprint density at radius 3 is 2.50 bits per heavy atom. The first-order valence-corrected chi connectivity index (χ1v) is 4.21. The zero-order valence-corrected chi connectivity index (χ0v) is 7.37. The van der Waals surface area contributed by atoms with Crippen molar-refractivity contribution in [2.45, 2.75) is 38.3 Å². The van der Waals surface area contributed by atoms with E-state index in [-0.39, 0.29) is 11.6 Å². The largest absolute Gasteiger partial charge is 0.385 e. The second kappa shape index (κ2) is 2.00. The Morgan fingerprint density at radius 1 is 1.58 bits per heavy atom. The molecule has 0 aromatic carbocycles. The van der Waals surface area contributed by atoms with Gasteiger partial charge in [0.1, 0.15) is 5.84 Å². The monoisotopic (exact) mass is 167 g/mol. The number of aliphatic imine (C=N–C) groups is 1. The normalized spacial score (nSPS) is 27.7. The van der Waals surface area contributed by atoms with Gasteiger partial charge in [-0.3, -0.25) is 0 Å². The third-order valence-corrected chi connectivity index (χ3v) is 2.56. The zero-order chi connectivity index (χ0) is 8.93. The Bertz CT molecular complexity index is 265. The summed E-state index contributed by atoms with van der Waals surface area (Å²) in [6, 6.07) is 0.220. The molecule has 0 spiro atoms. The van der Waals surface area contributed by atoms with Gasteiger partial charge in [-0.25, -0.2) is 4.79 Å². The maximum absolute atomic E-state index is 11.3. The molecule has 2 N–H and O–H groups in total. The van der Waals surface area contributed by atoms with E-state index in [1.807, 2.05) is 13.8 Å². The van der Waals surface area contributed by atoms with Crippen LogP contribution in [0.2, 0.25) is 0 Å². The minimum atomic E-state index is -0.363. The van der Waals surface area contributed by atoms with Gasteiger partial charge in [-0.15, -0.1) is 0 Å². The van der Waals surface area contributed by atoms with Crippen molar-refractivity contribution in [1.82, 2.24) is 4.90 Å². The van der Waals surface area contributed by atoms with Gasteiger partial charge in [-0.2, -0.15) is 4.99 Å². The maximum Gasteiger partial charge on any atom is 0.346 e. The van der Waals surface area contributed by atoms with Gasteiger partial charge in [-0.1, -0.05) is 0 Å². The lowest BCUT2D eigenvalue weighted by Crippen LogP contribution is -2.50. The first-order chi connectivity index (χ1) is 5.53. The molecular weight excluding hydrogens is 154 g/mol. The SMILES string of the molecule is CC1(C)C(N)=NC(=O)N1C1CC1. The van der Waals surface area contributed by atoms with Crippen LogP contribution in [0.4, 0.5) is 4.79 Å². The fourth-order valence-electron chi connectivity index (χ4n) is 1.60. The molecule has 0 aromatic heterocycles. The zero-order valence-electron chi connectivity index (χ0n) is 7.37. The van der Waals surface area contributed by atoms with Crippen LogP contribution in [0.3, 0.4) is 0 Å². The minimum Gasteiger partial charge on any atom is -0.385 e. The van der Waals surface area contributed by atoms with Crippen molar-refractivity contribution in [3.8, 4) is 0 Å². The number of nitrogens with zero attached hydrogens (tertiary/aromatic N) is 2. The summed E-state index contributed by atoms with van der Waals surface area (Å²) in [6.45, 7) is 3.88. The molecule has 4 heteroatoms. The maximum atomic E-state index is 11.3. The van der Waals surface area contributed by atoms with Gasteiger partial charge in [-0.05, 0) is 26.7 Å². The minimum absolute atomic E-state index is 0.167. The van der Waals surface area contributed by atoms with Crippen molar-refractivity contribution in [3.63, 3.8) is 0 Å². The quantitative estimate of drug-likeness (QED) is 0.625. The van der Waals surface area contributed by atoms with E-state index in [4.69, 9.17) is 5.73 Å². The average Bonchev–Trinajstić information content (AvgIpc) is 2.67. The second-order valence-corrected chi connectivity index (χ2v) is 3.94. The van der Waals surface area contributed by atoms with Crippen molar-refractivity contribution in [1.29, 1.82) is 0 Å². The van der Waals surface area contributed by atoms with Crippen LogP contribution in [0.15, 0.2) is 4.99 Å². The molecule has 0 saturated heterocycles. The molecule has 0 radical (unpaired) electrons. The number of carbonyl (C=O) groups excluding carboxylic acids is 1. The molecule has 2 aliphatic rings. The lowest BCUT2D eigenvalue weighted by molar-refractivity contribution is 0.181. The van der Waals surface area contributed by atoms with Crippen molar-refractivity contribution < 1.29 is 4.79 Å². The van der Waals surface area contributed by atoms with Gasteiger partial charge >= 0.3 is 6.03 Å². The summed E-state index contributed by atoms with van der Waals surface area (Å²) < 4.78 is 0. The third kappa shape index (κ3) is 0.838. The molecule has 12 heavy (non-hydrogen) atoms. The summed E-state index contributed by atoms with van der Waals surface area (Å²) >= 11 is 0. The Morgan fingerprint density at radius 2 is 2.17 bits per heavy atom. The Kier molecular flexibility index (Phi) is 1.26. The molecule has 0 bridgehead atoms. The Labute approximate surface area is 71.4 Å². The Hall–Kier alpha value is -1.06. The molecule has 0 unspecified atom stereocenters. The predicted octanol–water partition coefficient (Wildman–Crippen LogP) is 0.720. The summed E-state index contributed by atoms with van der Waals surface area (Å²) in [5, 5.41) is 0. The molecule has 1 aliphatic heterocycles. The first-order valence-electron chi connectivity index (χ1n) is 4.21. The molecule has 1 heterocycles. The fraction of sp³-hybridized carbons (Fsp3) is 0.750. The summed E-state index contributed by atoms with van der Waals surface area (Å²) in [5.41, 5.74) is 5.28. The average molecular weight is 167 g/mol. The molecule has 2 amide bonds. The molecule has 2 rings (SSSR count). The van der Waals surface area contributed by atoms with Gasteiger partial charge in [0.2, 0.25) is 0 Å². The van der Waals surface area contributed by atoms with Crippen LogP contribution in [0.5, 0.6) is 0 Å². The van der Waals surface area contributed by atoms with Gasteiger partial charge in [0.25, 0.3) is 0 Å². The van der Waals surface area contributed by atoms with Crippen molar-refractivity contribution in [2.75, 3.05) is 0 Å². The van der Waals surface area contributed by atoms with E-state index in [2.05, 4.69) is 4.99 Å². The number of carbonyl (C=O) groups is 1. The van der Waals surface area contributed by atoms with Crippen LogP contribution in [0, 0.1) is 0 Å². The number of rotatable bonds is 1. The summed E-state index contributed by atoms with van der Waals surface area (Å²) in [6.07, 6.45) is 2.19. The number of nitrogens with two attached hydrogens (primary N) is 1. The number of hydrogen-bond acceptors (Lipinski definition) is 2. The molecule has 66 valence electrons. The van der Waals surface area contributed by atoms with Crippen molar-refractivity contribution >= 4 is 11.9 Å². The molecule has 0 aromatic rings. The number of hydrogen-bond donors (Lipinski definition) is 1. The molecule has 4 nitrogen and oxygen atoms in total. The van der Waals surface area contributed by atoms with Crippen molar-refractivity contribution in [2.24, 2.45) is 10.7 Å². The number of amidine groups is 1. The molecular formula is C8H13N3O. The number of amides is 2. The summed E-state index contributed by atoms with van der Waals surface area (Å²) in [7, 11) is 0. The lowest BCUT2D eigenvalue weighted by atomic mass is 10.0. The highest BCUT2D eigenvalue weighted by molar-refractivity contribution is 6.05. The van der Waals surface area contributed by atoms with Crippen LogP contribution in [0.1, 0.15) is 26.7 Å². The van der Waals surface area contributed by atoms with Gasteiger partial charge < -0.3 is 10.6 Å². The molecule has 1 fully saturated rings. The van der Waals surface area contributed by atoms with E-state index in [1.165, 1.54) is 0 Å². The van der Waals surface area contributed by atoms with Crippen LogP contribution in [-0.2, 0) is 0 Å². The second-order valence-electron chi connectivity index (χ2n) is 3.94. The highest BCUT2D eigenvalue weighted by Gasteiger charge is 2.47. The smallest absolute Gasteiger partial charge is 0.346 e. The van der Waals surface area contributed by atoms with Crippen LogP contribution < -0.4 is 5.73 Å². The number of urea groups is 1. The summed E-state index contributed by atoms with van der Waals surface area (Å²) in [5.74, 6) is 0.444. The van der Waals surface area contributed by atoms with Crippen LogP contribution in [-0.4, -0.2) is 28.3 Å². The topological polar surface area (TPSA) is 58.7 Å². The molecule has 1 aliphatic carbocycles. The van der Waals surface area contributed by atoms with Gasteiger partial charge in [0, 0.05) is 6.04 Å². The Balaban J connectivity index is 2.30. The highest BCUT2D eigenvalue weighted by Crippen LogP contribution is 2.36. The van der Waals surface area contributed by atoms with E-state index >= 15 is 0 Å². The van der Waals surface area contributed by atoms with Gasteiger partial charge in [0.15, 0.2) is 0 Å². The van der Waals surface area contributed by atoms with E-state index < -0.39 is 0 Å². The lowest BCUT2D eigenvalue weighted by Gasteiger charge is -2.30.